The van der Waals surface area contributed by atoms with Gasteiger partial charge in [-0.15, -0.1) is 0 Å². The van der Waals surface area contributed by atoms with E-state index in [1.807, 2.05) is 30.5 Å². The van der Waals surface area contributed by atoms with Gasteiger partial charge in [-0.25, -0.2) is 0 Å². The van der Waals surface area contributed by atoms with Crippen LogP contribution in [0.3, 0.4) is 0 Å². The maximum absolute atomic E-state index is 12.9. The molecule has 9 nitrogen and oxygen atoms in total. The van der Waals surface area contributed by atoms with E-state index in [0.717, 1.165) is 25.2 Å². The van der Waals surface area contributed by atoms with Gasteiger partial charge in [0, 0.05) is 43.4 Å². The molecule has 206 valence electrons. The van der Waals surface area contributed by atoms with Crippen LogP contribution in [0.4, 0.5) is 0 Å². The monoisotopic (exact) mass is 534 g/mol. The average Bonchev–Trinajstić information content (AvgIpc) is 2.90. The smallest absolute Gasteiger partial charge is 0.306 e. The highest BCUT2D eigenvalue weighted by molar-refractivity contribution is 5.71. The first kappa shape index (κ1) is 26.7. The molecule has 2 aromatic heterocycles. The maximum atomic E-state index is 12.9. The number of methoxy groups -OCH3 is 1. The highest BCUT2D eigenvalue weighted by Crippen LogP contribution is 2.37. The molecule has 5 rings (SSSR count). The normalized spacial score (nSPS) is 19.4. The van der Waals surface area contributed by atoms with Crippen molar-refractivity contribution in [2.45, 2.75) is 57.7 Å². The van der Waals surface area contributed by atoms with Crippen molar-refractivity contribution in [3.63, 3.8) is 0 Å². The Hall–Kier alpha value is -3.85. The fraction of sp³-hybridized carbons (Fsp3) is 0.433. The zero-order valence-electron chi connectivity index (χ0n) is 22.5. The molecule has 4 heterocycles. The van der Waals surface area contributed by atoms with Crippen molar-refractivity contribution in [3.8, 4) is 11.5 Å². The Kier molecular flexibility index (Phi) is 7.61. The van der Waals surface area contributed by atoms with Gasteiger partial charge in [0.05, 0.1) is 32.1 Å². The second-order valence-electron chi connectivity index (χ2n) is 10.8. The van der Waals surface area contributed by atoms with Crippen LogP contribution in [0.2, 0.25) is 0 Å². The van der Waals surface area contributed by atoms with Gasteiger partial charge in [0.2, 0.25) is 11.2 Å². The number of aromatic hydroxyl groups is 1. The molecule has 0 unspecified atom stereocenters. The van der Waals surface area contributed by atoms with E-state index < -0.39 is 23.1 Å². The van der Waals surface area contributed by atoms with Crippen LogP contribution in [0.25, 0.3) is 0 Å². The van der Waals surface area contributed by atoms with Crippen molar-refractivity contribution in [2.75, 3.05) is 20.2 Å². The largest absolute Gasteiger partial charge is 0.502 e. The first-order valence-corrected chi connectivity index (χ1v) is 13.3. The molecule has 3 aromatic rings. The molecule has 0 aliphatic carbocycles. The summed E-state index contributed by atoms with van der Waals surface area (Å²) in [7, 11) is 1.30. The molecule has 0 amide bonds. The van der Waals surface area contributed by atoms with E-state index in [9.17, 15) is 19.5 Å². The lowest BCUT2D eigenvalue weighted by atomic mass is 9.83. The second-order valence-corrected chi connectivity index (χ2v) is 10.8. The van der Waals surface area contributed by atoms with Crippen molar-refractivity contribution in [1.82, 2.24) is 9.47 Å². The van der Waals surface area contributed by atoms with Crippen LogP contribution in [0.5, 0.6) is 11.5 Å². The molecule has 0 saturated carbocycles. The number of aromatic nitrogens is 1. The molecule has 0 spiro atoms. The predicted molar refractivity (Wildman–Crippen MR) is 144 cm³/mol. The molecule has 0 radical (unpaired) electrons. The number of carbonyl (C=O) groups excluding carboxylic acids is 1. The Bertz CT molecular complexity index is 1460. The van der Waals surface area contributed by atoms with Crippen LogP contribution in [0.1, 0.15) is 61.3 Å². The molecule has 1 aromatic carbocycles. The second kappa shape index (κ2) is 11.1. The number of rotatable bonds is 8. The van der Waals surface area contributed by atoms with Gasteiger partial charge in [0.15, 0.2) is 5.76 Å². The summed E-state index contributed by atoms with van der Waals surface area (Å²) in [6, 6.07) is 13.9. The Morgan fingerprint density at radius 1 is 1.10 bits per heavy atom. The molecule has 2 aliphatic rings. The lowest BCUT2D eigenvalue weighted by Gasteiger charge is -2.42. The third-order valence-electron chi connectivity index (χ3n) is 7.50. The predicted octanol–water partition coefficient (Wildman–Crippen LogP) is 3.61. The van der Waals surface area contributed by atoms with E-state index in [-0.39, 0.29) is 29.8 Å². The molecule has 1 fully saturated rings. The molecule has 1 N–H and O–H groups in total. The number of likely N-dealkylation sites (tertiary alicyclic amines) is 1. The Labute approximate surface area is 226 Å². The lowest BCUT2D eigenvalue weighted by molar-refractivity contribution is -0.140. The molecular formula is C30H34N2O7. The minimum Gasteiger partial charge on any atom is -0.502 e. The Morgan fingerprint density at radius 3 is 2.59 bits per heavy atom. The Balaban J connectivity index is 1.43. The number of piperidine rings is 1. The minimum absolute atomic E-state index is 0.00390. The summed E-state index contributed by atoms with van der Waals surface area (Å²) < 4.78 is 18.7. The minimum atomic E-state index is -0.724. The number of nitrogens with zero attached hydrogens (tertiary/aromatic N) is 2. The van der Waals surface area contributed by atoms with E-state index >= 15 is 0 Å². The number of carbonyl (C=O) groups is 1. The van der Waals surface area contributed by atoms with Crippen molar-refractivity contribution in [3.05, 3.63) is 91.9 Å². The number of fused-ring (bicyclic) bond motifs is 4. The molecule has 2 bridgehead atoms. The zero-order chi connectivity index (χ0) is 27.7. The van der Waals surface area contributed by atoms with E-state index in [4.69, 9.17) is 13.9 Å². The molecule has 39 heavy (non-hydrogen) atoms. The maximum Gasteiger partial charge on any atom is 0.306 e. The summed E-state index contributed by atoms with van der Waals surface area (Å²) >= 11 is 0. The molecule has 9 heteroatoms. The fourth-order valence-electron chi connectivity index (χ4n) is 5.88. The van der Waals surface area contributed by atoms with Crippen molar-refractivity contribution < 1.29 is 23.8 Å². The third kappa shape index (κ3) is 5.78. The highest BCUT2D eigenvalue weighted by atomic mass is 16.5. The lowest BCUT2D eigenvalue weighted by Crippen LogP contribution is -2.46. The van der Waals surface area contributed by atoms with Gasteiger partial charge in [-0.3, -0.25) is 19.3 Å². The Morgan fingerprint density at radius 2 is 1.87 bits per heavy atom. The van der Waals surface area contributed by atoms with Crippen LogP contribution < -0.4 is 15.7 Å². The number of ether oxygens (including phenoxy) is 2. The van der Waals surface area contributed by atoms with Gasteiger partial charge < -0.3 is 23.6 Å². The summed E-state index contributed by atoms with van der Waals surface area (Å²) in [5.41, 5.74) is 1.20. The summed E-state index contributed by atoms with van der Waals surface area (Å²) in [5.74, 6) is -0.0806. The number of hydrogen-bond donors (Lipinski definition) is 1. The van der Waals surface area contributed by atoms with Gasteiger partial charge in [-0.05, 0) is 49.9 Å². The molecule has 2 aliphatic heterocycles. The SMILES string of the molecule is COC(=O)C[C@@H](c1ccc(OC(C)C)cc1)c1oc(CN2C[C@H]3C[C@@H](C2)c2cccc(=O)n2C3)cc(=O)c1O. The van der Waals surface area contributed by atoms with Crippen molar-refractivity contribution in [2.24, 2.45) is 5.92 Å². The number of benzene rings is 1. The summed E-state index contributed by atoms with van der Waals surface area (Å²) in [6.07, 6.45) is 0.909. The van der Waals surface area contributed by atoms with Gasteiger partial charge >= 0.3 is 5.97 Å². The van der Waals surface area contributed by atoms with Gasteiger partial charge in [0.1, 0.15) is 11.5 Å². The van der Waals surface area contributed by atoms with Crippen LogP contribution in [0, 0.1) is 5.92 Å². The van der Waals surface area contributed by atoms with Crippen molar-refractivity contribution >= 4 is 5.97 Å². The number of pyridine rings is 1. The number of hydrogen-bond acceptors (Lipinski definition) is 8. The van der Waals surface area contributed by atoms with E-state index in [0.29, 0.717) is 36.1 Å². The first-order valence-electron chi connectivity index (χ1n) is 13.3. The average molecular weight is 535 g/mol. The molecule has 3 atom stereocenters. The van der Waals surface area contributed by atoms with Gasteiger partial charge in [0.25, 0.3) is 5.56 Å². The molecule has 1 saturated heterocycles. The van der Waals surface area contributed by atoms with E-state index in [2.05, 4.69) is 4.90 Å². The zero-order valence-corrected chi connectivity index (χ0v) is 22.5. The summed E-state index contributed by atoms with van der Waals surface area (Å²) in [4.78, 5) is 39.8. The quantitative estimate of drug-likeness (QED) is 0.437. The summed E-state index contributed by atoms with van der Waals surface area (Å²) in [5, 5.41) is 10.8. The standard InChI is InChI=1S/C30H34N2O7/c1-18(2)38-22-9-7-20(8-10-22)24(13-28(35)37-3)30-29(36)26(33)12-23(39-30)17-31-14-19-11-21(16-31)25-5-4-6-27(34)32(25)15-19/h4-10,12,18-19,21,24,36H,11,13-17H2,1-3H3/t19-,21+,24+/m1/s1. The van der Waals surface area contributed by atoms with Crippen LogP contribution in [0.15, 0.2) is 62.5 Å². The molecular weight excluding hydrogens is 500 g/mol. The topological polar surface area (TPSA) is 111 Å². The van der Waals surface area contributed by atoms with Crippen molar-refractivity contribution in [1.29, 1.82) is 0 Å². The van der Waals surface area contributed by atoms with E-state index in [1.54, 1.807) is 30.3 Å². The third-order valence-corrected chi connectivity index (χ3v) is 7.50. The summed E-state index contributed by atoms with van der Waals surface area (Å²) in [6.45, 7) is 6.40. The van der Waals surface area contributed by atoms with Gasteiger partial charge in [-0.1, -0.05) is 18.2 Å². The highest BCUT2D eigenvalue weighted by Gasteiger charge is 2.35. The fourth-order valence-corrected chi connectivity index (χ4v) is 5.88. The first-order chi connectivity index (χ1) is 18.7. The van der Waals surface area contributed by atoms with Gasteiger partial charge in [-0.2, -0.15) is 0 Å². The van der Waals surface area contributed by atoms with Crippen LogP contribution in [-0.2, 0) is 22.6 Å². The number of esters is 1. The van der Waals surface area contributed by atoms with E-state index in [1.165, 1.54) is 13.2 Å². The van der Waals surface area contributed by atoms with Crippen LogP contribution >= 0.6 is 0 Å². The van der Waals surface area contributed by atoms with Crippen LogP contribution in [-0.4, -0.2) is 46.8 Å².